The van der Waals surface area contributed by atoms with Gasteiger partial charge in [-0.05, 0) is 30.7 Å². The second kappa shape index (κ2) is 7.17. The van der Waals surface area contributed by atoms with Gasteiger partial charge in [0.25, 0.3) is 5.91 Å². The number of hydrogen-bond acceptors (Lipinski definition) is 4. The molecule has 0 radical (unpaired) electrons. The van der Waals surface area contributed by atoms with E-state index in [9.17, 15) is 4.79 Å². The van der Waals surface area contributed by atoms with Crippen LogP contribution in [0.2, 0.25) is 0 Å². The predicted octanol–water partition coefficient (Wildman–Crippen LogP) is 1.77. The predicted molar refractivity (Wildman–Crippen MR) is 79.7 cm³/mol. The highest BCUT2D eigenvalue weighted by atomic mass is 16.2. The lowest BCUT2D eigenvalue weighted by Crippen LogP contribution is -2.15. The van der Waals surface area contributed by atoms with Crippen LogP contribution in [-0.2, 0) is 0 Å². The standard InChI is InChI=1S/C16H15N3O2/c1-12-6-7-13(5-2-3-10-20)11-14(12)15(21)19-16-17-8-4-9-18-16/h4,6-9,11,20H,3,10H2,1H3,(H,17,18,19,21). The number of aliphatic hydroxyl groups is 1. The first-order valence-corrected chi connectivity index (χ1v) is 6.49. The van der Waals surface area contributed by atoms with Crippen molar-refractivity contribution in [2.75, 3.05) is 11.9 Å². The number of carbonyl (C=O) groups excluding carboxylic acids is 1. The number of hydrogen-bond donors (Lipinski definition) is 2. The molecule has 2 N–H and O–H groups in total. The lowest BCUT2D eigenvalue weighted by atomic mass is 10.0. The quantitative estimate of drug-likeness (QED) is 0.841. The zero-order valence-electron chi connectivity index (χ0n) is 11.6. The van der Waals surface area contributed by atoms with Gasteiger partial charge in [-0.3, -0.25) is 10.1 Å². The van der Waals surface area contributed by atoms with Gasteiger partial charge in [-0.1, -0.05) is 17.9 Å². The Balaban J connectivity index is 2.20. The van der Waals surface area contributed by atoms with Gasteiger partial charge in [-0.15, -0.1) is 0 Å². The van der Waals surface area contributed by atoms with Gasteiger partial charge < -0.3 is 5.11 Å². The molecule has 0 aliphatic rings. The summed E-state index contributed by atoms with van der Waals surface area (Å²) in [5.74, 6) is 5.73. The highest BCUT2D eigenvalue weighted by Gasteiger charge is 2.10. The first kappa shape index (κ1) is 14.7. The van der Waals surface area contributed by atoms with Crippen LogP contribution in [0.5, 0.6) is 0 Å². The number of nitrogens with one attached hydrogen (secondary N) is 1. The van der Waals surface area contributed by atoms with E-state index in [-0.39, 0.29) is 18.5 Å². The highest BCUT2D eigenvalue weighted by Crippen LogP contribution is 2.12. The van der Waals surface area contributed by atoms with Crippen molar-refractivity contribution in [3.05, 3.63) is 53.3 Å². The maximum absolute atomic E-state index is 12.2. The van der Waals surface area contributed by atoms with Crippen LogP contribution in [-0.4, -0.2) is 27.6 Å². The first-order chi connectivity index (χ1) is 10.2. The minimum Gasteiger partial charge on any atom is -0.395 e. The number of aromatic nitrogens is 2. The normalized spacial score (nSPS) is 9.62. The van der Waals surface area contributed by atoms with Gasteiger partial charge in [0.05, 0.1) is 6.61 Å². The fourth-order valence-electron chi connectivity index (χ4n) is 1.70. The summed E-state index contributed by atoms with van der Waals surface area (Å²) in [5, 5.41) is 11.4. The summed E-state index contributed by atoms with van der Waals surface area (Å²) >= 11 is 0. The van der Waals surface area contributed by atoms with E-state index in [1.165, 1.54) is 0 Å². The Labute approximate surface area is 123 Å². The van der Waals surface area contributed by atoms with Gasteiger partial charge in [-0.2, -0.15) is 0 Å². The number of rotatable bonds is 3. The molecule has 2 aromatic rings. The summed E-state index contributed by atoms with van der Waals surface area (Å²) in [6, 6.07) is 7.08. The molecule has 0 aliphatic carbocycles. The van der Waals surface area contributed by atoms with E-state index >= 15 is 0 Å². The summed E-state index contributed by atoms with van der Waals surface area (Å²) in [7, 11) is 0. The van der Waals surface area contributed by atoms with Crippen LogP contribution in [0.15, 0.2) is 36.7 Å². The third-order valence-corrected chi connectivity index (χ3v) is 2.74. The fraction of sp³-hybridized carbons (Fsp3) is 0.188. The molecule has 21 heavy (non-hydrogen) atoms. The number of aliphatic hydroxyl groups excluding tert-OH is 1. The van der Waals surface area contributed by atoms with Crippen molar-refractivity contribution in [3.8, 4) is 11.8 Å². The van der Waals surface area contributed by atoms with Crippen LogP contribution in [0.25, 0.3) is 0 Å². The molecule has 0 saturated heterocycles. The molecule has 0 unspecified atom stereocenters. The topological polar surface area (TPSA) is 75.1 Å². The first-order valence-electron chi connectivity index (χ1n) is 6.49. The molecule has 1 amide bonds. The molecule has 1 aromatic heterocycles. The number of benzene rings is 1. The summed E-state index contributed by atoms with van der Waals surface area (Å²) in [5.41, 5.74) is 2.10. The second-order valence-electron chi connectivity index (χ2n) is 4.33. The Morgan fingerprint density at radius 1 is 1.33 bits per heavy atom. The maximum atomic E-state index is 12.2. The average Bonchev–Trinajstić information content (AvgIpc) is 2.50. The van der Waals surface area contributed by atoms with Crippen molar-refractivity contribution in [2.45, 2.75) is 13.3 Å². The number of nitrogens with zero attached hydrogens (tertiary/aromatic N) is 2. The van der Waals surface area contributed by atoms with Gasteiger partial charge in [0, 0.05) is 29.9 Å². The van der Waals surface area contributed by atoms with Crippen LogP contribution in [0, 0.1) is 18.8 Å². The van der Waals surface area contributed by atoms with Gasteiger partial charge in [0.15, 0.2) is 0 Å². The number of amides is 1. The molecule has 5 nitrogen and oxygen atoms in total. The third-order valence-electron chi connectivity index (χ3n) is 2.74. The minimum absolute atomic E-state index is 0.0253. The lowest BCUT2D eigenvalue weighted by molar-refractivity contribution is 0.102. The summed E-state index contributed by atoms with van der Waals surface area (Å²) < 4.78 is 0. The molecule has 0 spiro atoms. The van der Waals surface area contributed by atoms with Crippen molar-refractivity contribution in [1.29, 1.82) is 0 Å². The molecule has 0 bridgehead atoms. The molecule has 5 heteroatoms. The van der Waals surface area contributed by atoms with Gasteiger partial charge in [-0.25, -0.2) is 9.97 Å². The van der Waals surface area contributed by atoms with Crippen molar-refractivity contribution in [3.63, 3.8) is 0 Å². The molecular formula is C16H15N3O2. The smallest absolute Gasteiger partial charge is 0.258 e. The van der Waals surface area contributed by atoms with Crippen molar-refractivity contribution in [2.24, 2.45) is 0 Å². The number of anilines is 1. The van der Waals surface area contributed by atoms with E-state index in [1.54, 1.807) is 24.5 Å². The molecule has 0 aliphatic heterocycles. The molecule has 2 rings (SSSR count). The molecule has 0 atom stereocenters. The van der Waals surface area contributed by atoms with Crippen molar-refractivity contribution >= 4 is 11.9 Å². The molecule has 1 aromatic carbocycles. The second-order valence-corrected chi connectivity index (χ2v) is 4.33. The fourth-order valence-corrected chi connectivity index (χ4v) is 1.70. The van der Waals surface area contributed by atoms with E-state index in [0.717, 1.165) is 11.1 Å². The Kier molecular flexibility index (Phi) is 5.02. The highest BCUT2D eigenvalue weighted by molar-refractivity contribution is 6.04. The van der Waals surface area contributed by atoms with E-state index < -0.39 is 0 Å². The zero-order chi connectivity index (χ0) is 15.1. The average molecular weight is 281 g/mol. The number of carbonyl (C=O) groups is 1. The Morgan fingerprint density at radius 2 is 2.10 bits per heavy atom. The van der Waals surface area contributed by atoms with Crippen molar-refractivity contribution < 1.29 is 9.90 Å². The molecule has 0 saturated carbocycles. The van der Waals surface area contributed by atoms with Crippen molar-refractivity contribution in [1.82, 2.24) is 9.97 Å². The van der Waals surface area contributed by atoms with E-state index in [1.807, 2.05) is 19.1 Å². The Hall–Kier alpha value is -2.71. The minimum atomic E-state index is -0.274. The van der Waals surface area contributed by atoms with Gasteiger partial charge in [0.1, 0.15) is 0 Å². The summed E-state index contributed by atoms with van der Waals surface area (Å²) in [6.45, 7) is 1.88. The Bertz CT molecular complexity index is 688. The summed E-state index contributed by atoms with van der Waals surface area (Å²) in [6.07, 6.45) is 3.53. The van der Waals surface area contributed by atoms with Crippen LogP contribution < -0.4 is 5.32 Å². The maximum Gasteiger partial charge on any atom is 0.258 e. The molecule has 1 heterocycles. The SMILES string of the molecule is Cc1ccc(C#CCCO)cc1C(=O)Nc1ncccn1. The molecule has 106 valence electrons. The van der Waals surface area contributed by atoms with E-state index in [4.69, 9.17) is 5.11 Å². The van der Waals surface area contributed by atoms with Crippen LogP contribution in [0.1, 0.15) is 27.9 Å². The van der Waals surface area contributed by atoms with Crippen LogP contribution in [0.4, 0.5) is 5.95 Å². The zero-order valence-corrected chi connectivity index (χ0v) is 11.6. The Morgan fingerprint density at radius 3 is 2.81 bits per heavy atom. The molecule has 0 fully saturated rings. The number of aryl methyl sites for hydroxylation is 1. The van der Waals surface area contributed by atoms with Gasteiger partial charge >= 0.3 is 0 Å². The van der Waals surface area contributed by atoms with E-state index in [2.05, 4.69) is 27.1 Å². The molecular weight excluding hydrogens is 266 g/mol. The summed E-state index contributed by atoms with van der Waals surface area (Å²) in [4.78, 5) is 20.2. The van der Waals surface area contributed by atoms with Gasteiger partial charge in [0.2, 0.25) is 5.95 Å². The van der Waals surface area contributed by atoms with Crippen LogP contribution in [0.3, 0.4) is 0 Å². The van der Waals surface area contributed by atoms with E-state index in [0.29, 0.717) is 12.0 Å². The third kappa shape index (κ3) is 4.13. The largest absolute Gasteiger partial charge is 0.395 e. The lowest BCUT2D eigenvalue weighted by Gasteiger charge is -2.06. The monoisotopic (exact) mass is 281 g/mol. The van der Waals surface area contributed by atoms with Crippen LogP contribution >= 0.6 is 0 Å².